The number of nitrogens with one attached hydrogen (secondary N) is 1. The summed E-state index contributed by atoms with van der Waals surface area (Å²) in [6.07, 6.45) is 0.732. The molecule has 2 aromatic carbocycles. The Bertz CT molecular complexity index is 555. The van der Waals surface area contributed by atoms with Crippen molar-refractivity contribution in [2.24, 2.45) is 0 Å². The molecule has 21 heavy (non-hydrogen) atoms. The highest BCUT2D eigenvalue weighted by atomic mass is 19.3. The maximum atomic E-state index is 12.8. The number of hydrogen-bond acceptors (Lipinski definition) is 2. The van der Waals surface area contributed by atoms with Crippen LogP contribution in [0.3, 0.4) is 0 Å². The van der Waals surface area contributed by atoms with Gasteiger partial charge in [0.2, 0.25) is 0 Å². The van der Waals surface area contributed by atoms with Gasteiger partial charge in [0.05, 0.1) is 0 Å². The van der Waals surface area contributed by atoms with E-state index in [-0.39, 0.29) is 17.6 Å². The van der Waals surface area contributed by atoms with Crippen LogP contribution in [0.15, 0.2) is 48.5 Å². The third-order valence-electron chi connectivity index (χ3n) is 2.95. The molecule has 0 bridgehead atoms. The summed E-state index contributed by atoms with van der Waals surface area (Å²) in [6.45, 7) is -0.825. The number of ether oxygens (including phenoxy) is 1. The summed E-state index contributed by atoms with van der Waals surface area (Å²) in [5.74, 6) is -0.129. The van der Waals surface area contributed by atoms with E-state index in [9.17, 15) is 13.2 Å². The zero-order valence-corrected chi connectivity index (χ0v) is 11.5. The van der Waals surface area contributed by atoms with E-state index in [1.165, 1.54) is 24.3 Å². The Morgan fingerprint density at radius 3 is 2.19 bits per heavy atom. The molecule has 1 N–H and O–H groups in total. The van der Waals surface area contributed by atoms with Gasteiger partial charge in [-0.1, -0.05) is 12.1 Å². The van der Waals surface area contributed by atoms with Crippen molar-refractivity contribution < 1.29 is 17.9 Å². The van der Waals surface area contributed by atoms with Crippen LogP contribution in [0.5, 0.6) is 5.75 Å². The van der Waals surface area contributed by atoms with Gasteiger partial charge in [-0.05, 0) is 55.3 Å². The Kier molecular flexibility index (Phi) is 5.09. The van der Waals surface area contributed by atoms with Gasteiger partial charge >= 0.3 is 6.61 Å². The molecule has 1 unspecified atom stereocenters. The maximum Gasteiger partial charge on any atom is 0.387 e. The van der Waals surface area contributed by atoms with Gasteiger partial charge in [-0.25, -0.2) is 4.39 Å². The Hall–Kier alpha value is -2.17. The Labute approximate surface area is 121 Å². The van der Waals surface area contributed by atoms with Gasteiger partial charge in [0.25, 0.3) is 0 Å². The van der Waals surface area contributed by atoms with Gasteiger partial charge in [-0.2, -0.15) is 8.78 Å². The molecule has 112 valence electrons. The number of alkyl halides is 2. The molecular formula is C16H16F3NO. The van der Waals surface area contributed by atoms with E-state index in [0.29, 0.717) is 0 Å². The molecule has 2 aromatic rings. The maximum absolute atomic E-state index is 12.8. The molecule has 2 rings (SSSR count). The first-order valence-corrected chi connectivity index (χ1v) is 6.59. The summed E-state index contributed by atoms with van der Waals surface area (Å²) in [5, 5.41) is 3.25. The topological polar surface area (TPSA) is 21.3 Å². The second kappa shape index (κ2) is 7.02. The highest BCUT2D eigenvalue weighted by molar-refractivity contribution is 5.47. The van der Waals surface area contributed by atoms with E-state index in [0.717, 1.165) is 17.7 Å². The van der Waals surface area contributed by atoms with E-state index in [4.69, 9.17) is 0 Å². The quantitative estimate of drug-likeness (QED) is 0.849. The van der Waals surface area contributed by atoms with Crippen LogP contribution in [0.1, 0.15) is 12.5 Å². The molecule has 0 radical (unpaired) electrons. The van der Waals surface area contributed by atoms with Crippen molar-refractivity contribution in [3.8, 4) is 5.75 Å². The molecule has 1 atom stereocenters. The van der Waals surface area contributed by atoms with E-state index in [1.54, 1.807) is 24.3 Å². The first-order valence-electron chi connectivity index (χ1n) is 6.59. The van der Waals surface area contributed by atoms with Crippen molar-refractivity contribution in [3.63, 3.8) is 0 Å². The Morgan fingerprint density at radius 2 is 1.62 bits per heavy atom. The largest absolute Gasteiger partial charge is 0.435 e. The zero-order valence-electron chi connectivity index (χ0n) is 11.5. The Morgan fingerprint density at radius 1 is 1.00 bits per heavy atom. The summed E-state index contributed by atoms with van der Waals surface area (Å²) in [7, 11) is 0. The minimum absolute atomic E-state index is 0.123. The minimum atomic E-state index is -2.82. The van der Waals surface area contributed by atoms with Crippen molar-refractivity contribution in [1.29, 1.82) is 0 Å². The number of hydrogen-bond donors (Lipinski definition) is 1. The van der Waals surface area contributed by atoms with Crippen molar-refractivity contribution in [3.05, 3.63) is 59.9 Å². The number of benzene rings is 2. The fraction of sp³-hybridized carbons (Fsp3) is 0.250. The number of halogens is 3. The van der Waals surface area contributed by atoms with Crippen LogP contribution in [0, 0.1) is 5.82 Å². The van der Waals surface area contributed by atoms with Crippen LogP contribution >= 0.6 is 0 Å². The first-order chi connectivity index (χ1) is 10.0. The average molecular weight is 295 g/mol. The molecule has 0 aliphatic rings. The van der Waals surface area contributed by atoms with Crippen LogP contribution in [-0.2, 0) is 6.42 Å². The highest BCUT2D eigenvalue weighted by Gasteiger charge is 2.06. The van der Waals surface area contributed by atoms with Crippen LogP contribution < -0.4 is 10.1 Å². The van der Waals surface area contributed by atoms with Gasteiger partial charge in [0.15, 0.2) is 0 Å². The second-order valence-electron chi connectivity index (χ2n) is 4.78. The molecule has 5 heteroatoms. The van der Waals surface area contributed by atoms with E-state index < -0.39 is 6.61 Å². The number of rotatable bonds is 6. The summed E-state index contributed by atoms with van der Waals surface area (Å²) in [4.78, 5) is 0. The molecular weight excluding hydrogens is 279 g/mol. The fourth-order valence-corrected chi connectivity index (χ4v) is 2.04. The van der Waals surface area contributed by atoms with Crippen LogP contribution in [0.2, 0.25) is 0 Å². The van der Waals surface area contributed by atoms with Gasteiger partial charge in [0, 0.05) is 11.7 Å². The summed E-state index contributed by atoms with van der Waals surface area (Å²) < 4.78 is 41.2. The summed E-state index contributed by atoms with van der Waals surface area (Å²) >= 11 is 0. The lowest BCUT2D eigenvalue weighted by Crippen LogP contribution is -2.18. The zero-order chi connectivity index (χ0) is 15.2. The molecule has 0 saturated carbocycles. The summed E-state index contributed by atoms with van der Waals surface area (Å²) in [5.41, 5.74) is 1.83. The van der Waals surface area contributed by atoms with Crippen LogP contribution in [-0.4, -0.2) is 12.7 Å². The van der Waals surface area contributed by atoms with Gasteiger partial charge < -0.3 is 10.1 Å². The van der Waals surface area contributed by atoms with E-state index in [2.05, 4.69) is 10.1 Å². The van der Waals surface area contributed by atoms with E-state index >= 15 is 0 Å². The molecule has 0 spiro atoms. The predicted octanol–water partition coefficient (Wildman–Crippen LogP) is 4.47. The molecule has 0 aromatic heterocycles. The van der Waals surface area contributed by atoms with Crippen molar-refractivity contribution in [1.82, 2.24) is 0 Å². The first kappa shape index (κ1) is 15.2. The number of anilines is 1. The lowest BCUT2D eigenvalue weighted by atomic mass is 10.1. The smallest absolute Gasteiger partial charge is 0.387 e. The van der Waals surface area contributed by atoms with Crippen LogP contribution in [0.25, 0.3) is 0 Å². The molecule has 0 fully saturated rings. The van der Waals surface area contributed by atoms with Crippen molar-refractivity contribution in [2.45, 2.75) is 26.0 Å². The molecule has 0 aliphatic carbocycles. The van der Waals surface area contributed by atoms with E-state index in [1.807, 2.05) is 6.92 Å². The third kappa shape index (κ3) is 5.02. The normalized spacial score (nSPS) is 12.2. The van der Waals surface area contributed by atoms with Gasteiger partial charge in [-0.15, -0.1) is 0 Å². The molecule has 0 heterocycles. The molecule has 0 saturated heterocycles. The Balaban J connectivity index is 1.90. The predicted molar refractivity (Wildman–Crippen MR) is 76.3 cm³/mol. The summed E-state index contributed by atoms with van der Waals surface area (Å²) in [6, 6.07) is 12.8. The SMILES string of the molecule is CC(Cc1ccc(F)cc1)Nc1ccc(OC(F)F)cc1. The second-order valence-corrected chi connectivity index (χ2v) is 4.78. The monoisotopic (exact) mass is 295 g/mol. The average Bonchev–Trinajstić information content (AvgIpc) is 2.43. The molecule has 2 nitrogen and oxygen atoms in total. The molecule has 0 aliphatic heterocycles. The highest BCUT2D eigenvalue weighted by Crippen LogP contribution is 2.19. The fourth-order valence-electron chi connectivity index (χ4n) is 2.04. The third-order valence-corrected chi connectivity index (χ3v) is 2.95. The lowest BCUT2D eigenvalue weighted by molar-refractivity contribution is -0.0498. The standard InChI is InChI=1S/C16H16F3NO/c1-11(10-12-2-4-13(17)5-3-12)20-14-6-8-15(9-7-14)21-16(18)19/h2-9,11,16,20H,10H2,1H3. The van der Waals surface area contributed by atoms with Gasteiger partial charge in [-0.3, -0.25) is 0 Å². The lowest BCUT2D eigenvalue weighted by Gasteiger charge is -2.16. The molecule has 0 amide bonds. The van der Waals surface area contributed by atoms with Crippen molar-refractivity contribution >= 4 is 5.69 Å². The minimum Gasteiger partial charge on any atom is -0.435 e. The van der Waals surface area contributed by atoms with Gasteiger partial charge in [0.1, 0.15) is 11.6 Å². The van der Waals surface area contributed by atoms with Crippen LogP contribution in [0.4, 0.5) is 18.9 Å². The van der Waals surface area contributed by atoms with Crippen molar-refractivity contribution in [2.75, 3.05) is 5.32 Å².